The van der Waals surface area contributed by atoms with Crippen molar-refractivity contribution in [1.29, 1.82) is 0 Å². The van der Waals surface area contributed by atoms with Crippen LogP contribution in [0.3, 0.4) is 0 Å². The average Bonchev–Trinajstić information content (AvgIpc) is 2.53. The number of carbonyl (C=O) groups excluding carboxylic acids is 1. The summed E-state index contributed by atoms with van der Waals surface area (Å²) in [4.78, 5) is 16.2. The topological polar surface area (TPSA) is 51.2 Å². The Hall–Kier alpha value is -2.00. The maximum Gasteiger partial charge on any atom is 0.391 e. The van der Waals surface area contributed by atoms with Gasteiger partial charge in [-0.3, -0.25) is 4.79 Å². The molecule has 2 atom stereocenters. The molecule has 1 aliphatic rings. The molecule has 2 rings (SSSR count). The van der Waals surface area contributed by atoms with Gasteiger partial charge in [0.2, 0.25) is 5.88 Å². The van der Waals surface area contributed by atoms with Crippen LogP contribution in [0.5, 0.6) is 5.88 Å². The van der Waals surface area contributed by atoms with E-state index >= 15 is 0 Å². The van der Waals surface area contributed by atoms with Crippen LogP contribution in [0.1, 0.15) is 36.5 Å². The molecule has 0 radical (unpaired) electrons. The van der Waals surface area contributed by atoms with Gasteiger partial charge < -0.3 is 10.1 Å². The molecule has 1 aliphatic carbocycles. The first-order valence-corrected chi connectivity index (χ1v) is 8.04. The second kappa shape index (κ2) is 7.71. The normalized spacial score (nSPS) is 24.2. The van der Waals surface area contributed by atoms with E-state index in [0.29, 0.717) is 0 Å². The molecule has 10 heteroatoms. The van der Waals surface area contributed by atoms with Gasteiger partial charge in [-0.15, -0.1) is 0 Å². The van der Waals surface area contributed by atoms with Crippen LogP contribution >= 0.6 is 0 Å². The number of hydrogen-bond acceptors (Lipinski definition) is 3. The number of rotatable bonds is 4. The number of pyridine rings is 1. The largest absolute Gasteiger partial charge is 0.477 e. The van der Waals surface area contributed by atoms with Gasteiger partial charge in [0.15, 0.2) is 0 Å². The Kier molecular flexibility index (Phi) is 6.02. The highest BCUT2D eigenvalue weighted by Gasteiger charge is 2.52. The third kappa shape index (κ3) is 5.01. The fraction of sp³-hybridized carbons (Fsp3) is 0.625. The molecular weight excluding hydrogens is 366 g/mol. The van der Waals surface area contributed by atoms with Crippen molar-refractivity contribution in [3.05, 3.63) is 23.9 Å². The Morgan fingerprint density at radius 3 is 2.23 bits per heavy atom. The van der Waals surface area contributed by atoms with Crippen LogP contribution in [0, 0.1) is 11.8 Å². The van der Waals surface area contributed by atoms with Crippen LogP contribution in [0.4, 0.5) is 26.3 Å². The standard InChI is InChI=1S/C16H18F6N2O2/c1-2-26-14-12(4-3-5-23-14)13(25)24-11-7-9(15(17,18)19)6-10(8-11)16(20,21)22/h3-5,9-11H,2,6-8H2,1H3,(H,24,25). The molecule has 146 valence electrons. The van der Waals surface area contributed by atoms with Gasteiger partial charge in [-0.1, -0.05) is 0 Å². The van der Waals surface area contributed by atoms with Gasteiger partial charge in [0.05, 0.1) is 18.4 Å². The predicted octanol–water partition coefficient (Wildman–Crippen LogP) is 4.12. The molecular formula is C16H18F6N2O2. The summed E-state index contributed by atoms with van der Waals surface area (Å²) in [6.07, 6.45) is -10.3. The quantitative estimate of drug-likeness (QED) is 0.795. The molecule has 26 heavy (non-hydrogen) atoms. The van der Waals surface area contributed by atoms with Gasteiger partial charge in [0, 0.05) is 12.2 Å². The van der Waals surface area contributed by atoms with Crippen molar-refractivity contribution in [2.24, 2.45) is 11.8 Å². The first kappa shape index (κ1) is 20.3. The van der Waals surface area contributed by atoms with E-state index < -0.39 is 55.4 Å². The molecule has 0 aromatic carbocycles. The van der Waals surface area contributed by atoms with Crippen LogP contribution in [-0.4, -0.2) is 35.9 Å². The first-order chi connectivity index (χ1) is 12.0. The fourth-order valence-corrected chi connectivity index (χ4v) is 3.05. The summed E-state index contributed by atoms with van der Waals surface area (Å²) in [6, 6.07) is 1.53. The molecule has 1 aromatic rings. The average molecular weight is 384 g/mol. The molecule has 0 saturated heterocycles. The van der Waals surface area contributed by atoms with E-state index in [1.165, 1.54) is 18.3 Å². The highest BCUT2D eigenvalue weighted by atomic mass is 19.4. The Labute approximate surface area is 145 Å². The van der Waals surface area contributed by atoms with Crippen LogP contribution < -0.4 is 10.1 Å². The zero-order chi connectivity index (χ0) is 19.5. The Balaban J connectivity index is 2.17. The number of nitrogens with zero attached hydrogens (tertiary/aromatic N) is 1. The van der Waals surface area contributed by atoms with Crippen LogP contribution in [-0.2, 0) is 0 Å². The fourth-order valence-electron chi connectivity index (χ4n) is 3.05. The van der Waals surface area contributed by atoms with Gasteiger partial charge in [-0.05, 0) is 38.3 Å². The number of alkyl halides is 6. The summed E-state index contributed by atoms with van der Waals surface area (Å²) < 4.78 is 83.1. The Morgan fingerprint density at radius 1 is 1.15 bits per heavy atom. The lowest BCUT2D eigenvalue weighted by molar-refractivity contribution is -0.225. The monoisotopic (exact) mass is 384 g/mol. The van der Waals surface area contributed by atoms with Crippen LogP contribution in [0.15, 0.2) is 18.3 Å². The van der Waals surface area contributed by atoms with Crippen molar-refractivity contribution in [3.63, 3.8) is 0 Å². The predicted molar refractivity (Wildman–Crippen MR) is 79.6 cm³/mol. The molecule has 1 amide bonds. The second-order valence-corrected chi connectivity index (χ2v) is 6.14. The number of carbonyl (C=O) groups is 1. The van der Waals surface area contributed by atoms with Crippen molar-refractivity contribution in [1.82, 2.24) is 10.3 Å². The molecule has 1 heterocycles. The minimum absolute atomic E-state index is 0.0250. The summed E-state index contributed by atoms with van der Waals surface area (Å²) in [5.74, 6) is -5.07. The van der Waals surface area contributed by atoms with Gasteiger partial charge in [-0.25, -0.2) is 4.98 Å². The molecule has 1 fully saturated rings. The van der Waals surface area contributed by atoms with Crippen molar-refractivity contribution >= 4 is 5.91 Å². The SMILES string of the molecule is CCOc1ncccc1C(=O)NC1CC(C(F)(F)F)CC(C(F)(F)F)C1. The van der Waals surface area contributed by atoms with Crippen molar-refractivity contribution in [2.45, 2.75) is 44.6 Å². The lowest BCUT2D eigenvalue weighted by Gasteiger charge is -2.37. The zero-order valence-corrected chi connectivity index (χ0v) is 13.8. The van der Waals surface area contributed by atoms with E-state index in [9.17, 15) is 31.1 Å². The summed E-state index contributed by atoms with van der Waals surface area (Å²) in [7, 11) is 0. The van der Waals surface area contributed by atoms with E-state index in [-0.39, 0.29) is 18.1 Å². The second-order valence-electron chi connectivity index (χ2n) is 6.14. The van der Waals surface area contributed by atoms with Gasteiger partial charge >= 0.3 is 12.4 Å². The van der Waals surface area contributed by atoms with Crippen molar-refractivity contribution in [2.75, 3.05) is 6.61 Å². The third-order valence-electron chi connectivity index (χ3n) is 4.26. The number of ether oxygens (including phenoxy) is 1. The summed E-state index contributed by atoms with van der Waals surface area (Å²) in [6.45, 7) is 1.85. The van der Waals surface area contributed by atoms with Gasteiger partial charge in [0.1, 0.15) is 5.56 Å². The van der Waals surface area contributed by atoms with Crippen LogP contribution in [0.2, 0.25) is 0 Å². The third-order valence-corrected chi connectivity index (χ3v) is 4.26. The molecule has 0 bridgehead atoms. The van der Waals surface area contributed by atoms with E-state index in [4.69, 9.17) is 4.74 Å². The van der Waals surface area contributed by atoms with Gasteiger partial charge in [-0.2, -0.15) is 26.3 Å². The van der Waals surface area contributed by atoms with Crippen molar-refractivity contribution in [3.8, 4) is 5.88 Å². The number of halogens is 6. The zero-order valence-electron chi connectivity index (χ0n) is 13.8. The van der Waals surface area contributed by atoms with Gasteiger partial charge in [0.25, 0.3) is 5.91 Å². The lowest BCUT2D eigenvalue weighted by Crippen LogP contribution is -2.47. The Bertz CT molecular complexity index is 610. The highest BCUT2D eigenvalue weighted by molar-refractivity contribution is 5.96. The molecule has 2 unspecified atom stereocenters. The number of aromatic nitrogens is 1. The minimum atomic E-state index is -4.75. The maximum absolute atomic E-state index is 13.0. The molecule has 0 spiro atoms. The van der Waals surface area contributed by atoms with E-state index in [2.05, 4.69) is 10.3 Å². The Morgan fingerprint density at radius 2 is 1.73 bits per heavy atom. The minimum Gasteiger partial charge on any atom is -0.477 e. The maximum atomic E-state index is 13.0. The molecule has 1 saturated carbocycles. The smallest absolute Gasteiger partial charge is 0.391 e. The number of nitrogens with one attached hydrogen (secondary N) is 1. The molecule has 1 aromatic heterocycles. The summed E-state index contributed by atoms with van der Waals surface area (Å²) in [5, 5.41) is 2.28. The molecule has 4 nitrogen and oxygen atoms in total. The first-order valence-electron chi connectivity index (χ1n) is 8.04. The van der Waals surface area contributed by atoms with E-state index in [1.807, 2.05) is 0 Å². The summed E-state index contributed by atoms with van der Waals surface area (Å²) in [5.41, 5.74) is -0.0351. The van der Waals surface area contributed by atoms with E-state index in [0.717, 1.165) is 0 Å². The molecule has 1 N–H and O–H groups in total. The number of amides is 1. The summed E-state index contributed by atoms with van der Waals surface area (Å²) >= 11 is 0. The highest BCUT2D eigenvalue weighted by Crippen LogP contribution is 2.45. The van der Waals surface area contributed by atoms with Crippen LogP contribution in [0.25, 0.3) is 0 Å². The van der Waals surface area contributed by atoms with E-state index in [1.54, 1.807) is 6.92 Å². The van der Waals surface area contributed by atoms with Crippen molar-refractivity contribution < 1.29 is 35.9 Å². The molecule has 0 aliphatic heterocycles. The lowest BCUT2D eigenvalue weighted by atomic mass is 9.77. The number of hydrogen-bond donors (Lipinski definition) is 1.